The van der Waals surface area contributed by atoms with E-state index in [0.29, 0.717) is 17.5 Å². The maximum absolute atomic E-state index is 14.7. The van der Waals surface area contributed by atoms with Gasteiger partial charge in [0, 0.05) is 23.2 Å². The molecule has 2 heterocycles. The normalized spacial score (nSPS) is 13.3. The number of nitrogens with two attached hydrogens (primary N) is 1. The monoisotopic (exact) mass is 487 g/mol. The summed E-state index contributed by atoms with van der Waals surface area (Å²) in [6.45, 7) is 3.68. The minimum atomic E-state index is -4.67. The van der Waals surface area contributed by atoms with Gasteiger partial charge in [0.15, 0.2) is 0 Å². The van der Waals surface area contributed by atoms with Gasteiger partial charge in [0.05, 0.1) is 17.9 Å². The molecule has 13 heteroatoms. The number of pyridine rings is 1. The molecule has 0 saturated heterocycles. The minimum absolute atomic E-state index is 0.0140. The summed E-state index contributed by atoms with van der Waals surface area (Å²) in [6.07, 6.45) is -4.22. The zero-order valence-corrected chi connectivity index (χ0v) is 18.5. The number of sulfonamides is 1. The molecule has 2 aromatic heterocycles. The molecule has 1 atom stereocenters. The second-order valence-electron chi connectivity index (χ2n) is 7.48. The maximum Gasteiger partial charge on any atom is 0.390 e. The van der Waals surface area contributed by atoms with Crippen LogP contribution < -0.4 is 16.0 Å². The molecule has 178 valence electrons. The summed E-state index contributed by atoms with van der Waals surface area (Å²) in [6, 6.07) is 4.49. The van der Waals surface area contributed by atoms with Crippen LogP contribution in [0.3, 0.4) is 0 Å². The van der Waals surface area contributed by atoms with Crippen molar-refractivity contribution in [2.45, 2.75) is 38.9 Å². The van der Waals surface area contributed by atoms with Crippen molar-refractivity contribution >= 4 is 32.7 Å². The fraction of sp³-hybridized carbons (Fsp3) is 0.350. The second-order valence-corrected chi connectivity index (χ2v) is 9.32. The lowest BCUT2D eigenvalue weighted by Gasteiger charge is -2.18. The molecule has 33 heavy (non-hydrogen) atoms. The number of nitrogens with zero attached hydrogens (tertiary/aromatic N) is 3. The number of nitrogen functional groups attached to an aromatic ring is 1. The third kappa shape index (κ3) is 5.59. The number of aromatic nitrogens is 3. The topological polar surface area (TPSA) is 120 Å². The van der Waals surface area contributed by atoms with Crippen LogP contribution in [0.5, 0.6) is 0 Å². The fourth-order valence-electron chi connectivity index (χ4n) is 3.17. The first-order valence-corrected chi connectivity index (χ1v) is 11.5. The van der Waals surface area contributed by atoms with Crippen LogP contribution in [-0.4, -0.2) is 34.9 Å². The summed E-state index contributed by atoms with van der Waals surface area (Å²) >= 11 is 0. The number of alkyl halides is 3. The summed E-state index contributed by atoms with van der Waals surface area (Å²) in [5.74, 6) is -2.31. The highest BCUT2D eigenvalue weighted by Crippen LogP contribution is 2.27. The quantitative estimate of drug-likeness (QED) is 0.489. The number of hydrogen-bond donors (Lipinski definition) is 2. The Labute approximate surface area is 186 Å². The fourth-order valence-corrected chi connectivity index (χ4v) is 4.27. The Morgan fingerprint density at radius 3 is 2.55 bits per heavy atom. The van der Waals surface area contributed by atoms with E-state index in [9.17, 15) is 30.8 Å². The van der Waals surface area contributed by atoms with Crippen LogP contribution in [0.4, 0.5) is 29.2 Å². The number of fused-ring (bicyclic) bond motifs is 1. The van der Waals surface area contributed by atoms with Crippen molar-refractivity contribution in [2.75, 3.05) is 16.2 Å². The molecule has 0 aliphatic carbocycles. The van der Waals surface area contributed by atoms with E-state index in [-0.39, 0.29) is 23.1 Å². The predicted molar refractivity (Wildman–Crippen MR) is 117 cm³/mol. The van der Waals surface area contributed by atoms with Gasteiger partial charge < -0.3 is 5.73 Å². The van der Waals surface area contributed by atoms with Crippen LogP contribution in [0, 0.1) is 5.82 Å². The van der Waals surface area contributed by atoms with Gasteiger partial charge in [0.25, 0.3) is 5.56 Å². The molecule has 3 aromatic rings. The van der Waals surface area contributed by atoms with Gasteiger partial charge in [-0.1, -0.05) is 13.0 Å². The number of halogens is 4. The van der Waals surface area contributed by atoms with E-state index in [1.807, 2.05) is 18.6 Å². The number of anilines is 2. The standard InChI is InChI=1S/C20H21F4N5O3S/c1-3-11(2)29-17-13(10-26-19(25)27-17)8-14(18(29)30)12-4-5-16(15(21)9-12)28-33(31,32)7-6-20(22,23)24/h4-5,8-11,28H,3,6-7H2,1-2H3,(H2,25,26,27)/t11-/m0/s1. The van der Waals surface area contributed by atoms with Crippen molar-refractivity contribution in [3.05, 3.63) is 46.6 Å². The summed E-state index contributed by atoms with van der Waals surface area (Å²) in [5.41, 5.74) is 5.24. The first kappa shape index (κ1) is 24.4. The van der Waals surface area contributed by atoms with Gasteiger partial charge in [-0.15, -0.1) is 0 Å². The molecule has 3 N–H and O–H groups in total. The van der Waals surface area contributed by atoms with Gasteiger partial charge in [-0.3, -0.25) is 14.1 Å². The molecule has 0 amide bonds. The van der Waals surface area contributed by atoms with E-state index in [4.69, 9.17) is 5.73 Å². The third-order valence-electron chi connectivity index (χ3n) is 5.02. The lowest BCUT2D eigenvalue weighted by Crippen LogP contribution is -2.26. The molecular weight excluding hydrogens is 466 g/mol. The summed E-state index contributed by atoms with van der Waals surface area (Å²) in [5, 5.41) is 0.483. The van der Waals surface area contributed by atoms with Crippen molar-refractivity contribution in [3.63, 3.8) is 0 Å². The minimum Gasteiger partial charge on any atom is -0.368 e. The van der Waals surface area contributed by atoms with E-state index in [2.05, 4.69) is 9.97 Å². The number of nitrogens with one attached hydrogen (secondary N) is 1. The molecule has 1 aromatic carbocycles. The molecule has 3 rings (SSSR count). The lowest BCUT2D eigenvalue weighted by atomic mass is 10.0. The Morgan fingerprint density at radius 2 is 1.94 bits per heavy atom. The summed E-state index contributed by atoms with van der Waals surface area (Å²) in [7, 11) is -4.43. The Kier molecular flexibility index (Phi) is 6.63. The van der Waals surface area contributed by atoms with Crippen molar-refractivity contribution in [2.24, 2.45) is 0 Å². The zero-order valence-electron chi connectivity index (χ0n) is 17.6. The third-order valence-corrected chi connectivity index (χ3v) is 6.30. The summed E-state index contributed by atoms with van der Waals surface area (Å²) < 4.78 is 78.6. The molecule has 0 aliphatic rings. The van der Waals surface area contributed by atoms with Crippen LogP contribution in [0.15, 0.2) is 35.3 Å². The number of benzene rings is 1. The van der Waals surface area contributed by atoms with Crippen LogP contribution in [-0.2, 0) is 10.0 Å². The lowest BCUT2D eigenvalue weighted by molar-refractivity contribution is -0.129. The number of hydrogen-bond acceptors (Lipinski definition) is 6. The molecule has 0 aliphatic heterocycles. The van der Waals surface area contributed by atoms with Crippen molar-refractivity contribution < 1.29 is 26.0 Å². The van der Waals surface area contributed by atoms with Crippen LogP contribution in [0.25, 0.3) is 22.2 Å². The van der Waals surface area contributed by atoms with Crippen LogP contribution >= 0.6 is 0 Å². The SMILES string of the molecule is CC[C@H](C)n1c(=O)c(-c2ccc(NS(=O)(=O)CCC(F)(F)F)c(F)c2)cc2cnc(N)nc21. The highest BCUT2D eigenvalue weighted by molar-refractivity contribution is 7.92. The van der Waals surface area contributed by atoms with E-state index in [0.717, 1.165) is 12.1 Å². The molecule has 0 saturated carbocycles. The van der Waals surface area contributed by atoms with E-state index in [1.54, 1.807) is 0 Å². The maximum atomic E-state index is 14.7. The molecule has 0 unspecified atom stereocenters. The smallest absolute Gasteiger partial charge is 0.368 e. The van der Waals surface area contributed by atoms with Crippen molar-refractivity contribution in [1.29, 1.82) is 0 Å². The van der Waals surface area contributed by atoms with Crippen molar-refractivity contribution in [1.82, 2.24) is 14.5 Å². The molecule has 0 bridgehead atoms. The van der Waals surface area contributed by atoms with Gasteiger partial charge in [-0.25, -0.2) is 17.8 Å². The molecule has 0 radical (unpaired) electrons. The highest BCUT2D eigenvalue weighted by atomic mass is 32.2. The average molecular weight is 487 g/mol. The van der Waals surface area contributed by atoms with Gasteiger partial charge in [-0.05, 0) is 37.1 Å². The first-order chi connectivity index (χ1) is 15.3. The largest absolute Gasteiger partial charge is 0.390 e. The van der Waals surface area contributed by atoms with Crippen LogP contribution in [0.1, 0.15) is 32.7 Å². The van der Waals surface area contributed by atoms with E-state index >= 15 is 0 Å². The second kappa shape index (κ2) is 8.96. The molecular formula is C20H21F4N5O3S. The predicted octanol–water partition coefficient (Wildman–Crippen LogP) is 3.84. The highest BCUT2D eigenvalue weighted by Gasteiger charge is 2.30. The Balaban J connectivity index is 2.03. The van der Waals surface area contributed by atoms with Gasteiger partial charge in [0.1, 0.15) is 11.5 Å². The molecule has 8 nitrogen and oxygen atoms in total. The number of rotatable bonds is 7. The molecule has 0 fully saturated rings. The Bertz CT molecular complexity index is 1360. The average Bonchev–Trinajstić information content (AvgIpc) is 2.72. The van der Waals surface area contributed by atoms with Crippen molar-refractivity contribution in [3.8, 4) is 11.1 Å². The van der Waals surface area contributed by atoms with Gasteiger partial charge >= 0.3 is 6.18 Å². The Hall–Kier alpha value is -3.22. The Morgan fingerprint density at radius 1 is 1.24 bits per heavy atom. The molecule has 0 spiro atoms. The first-order valence-electron chi connectivity index (χ1n) is 9.86. The summed E-state index contributed by atoms with van der Waals surface area (Å²) in [4.78, 5) is 21.3. The van der Waals surface area contributed by atoms with Gasteiger partial charge in [0.2, 0.25) is 16.0 Å². The van der Waals surface area contributed by atoms with Gasteiger partial charge in [-0.2, -0.15) is 18.2 Å². The van der Waals surface area contributed by atoms with E-state index in [1.165, 1.54) is 22.9 Å². The zero-order chi connectivity index (χ0) is 24.6. The van der Waals surface area contributed by atoms with E-state index < -0.39 is 45.4 Å². The van der Waals surface area contributed by atoms with Crippen LogP contribution in [0.2, 0.25) is 0 Å².